The van der Waals surface area contributed by atoms with E-state index < -0.39 is 18.1 Å². The van der Waals surface area contributed by atoms with Crippen molar-refractivity contribution in [2.24, 2.45) is 35.5 Å². The maximum absolute atomic E-state index is 13.0. The monoisotopic (exact) mass is 405 g/mol. The summed E-state index contributed by atoms with van der Waals surface area (Å²) in [6.45, 7) is 1.40. The van der Waals surface area contributed by atoms with Crippen molar-refractivity contribution in [1.29, 1.82) is 0 Å². The van der Waals surface area contributed by atoms with Crippen LogP contribution in [-0.2, 0) is 14.4 Å². The number of amides is 2. The minimum atomic E-state index is -0.696. The van der Waals surface area contributed by atoms with Crippen molar-refractivity contribution in [2.75, 3.05) is 6.54 Å². The molecule has 0 N–H and O–H groups in total. The fourth-order valence-electron chi connectivity index (χ4n) is 5.85. The molecule has 2 aromatic rings. The van der Waals surface area contributed by atoms with Crippen LogP contribution in [0.3, 0.4) is 0 Å². The molecule has 3 fully saturated rings. The summed E-state index contributed by atoms with van der Waals surface area (Å²) in [6, 6.07) is 6.10. The second kappa shape index (κ2) is 5.90. The number of likely N-dealkylation sites (tertiary alicyclic amines) is 1. The molecule has 2 heterocycles. The van der Waals surface area contributed by atoms with E-state index in [0.29, 0.717) is 17.4 Å². The van der Waals surface area contributed by atoms with Gasteiger partial charge in [0.1, 0.15) is 17.9 Å². The largest absolute Gasteiger partial charge is 0.425 e. The number of aryl methyl sites for hydroxylation is 1. The van der Waals surface area contributed by atoms with Gasteiger partial charge in [-0.05, 0) is 54.7 Å². The number of carbonyl (C=O) groups is 3. The fourth-order valence-corrected chi connectivity index (χ4v) is 5.85. The highest BCUT2D eigenvalue weighted by Crippen LogP contribution is 2.65. The zero-order valence-corrected chi connectivity index (χ0v) is 16.2. The van der Waals surface area contributed by atoms with Crippen LogP contribution in [-0.4, -0.2) is 29.2 Å². The number of hydrogen-bond acceptors (Lipinski definition) is 6. The van der Waals surface area contributed by atoms with E-state index in [0.717, 1.165) is 22.3 Å². The van der Waals surface area contributed by atoms with Crippen molar-refractivity contribution in [3.63, 3.8) is 0 Å². The van der Waals surface area contributed by atoms with Crippen LogP contribution >= 0.6 is 0 Å². The molecule has 2 saturated carbocycles. The first-order chi connectivity index (χ1) is 14.4. The van der Waals surface area contributed by atoms with Gasteiger partial charge in [0.05, 0.1) is 11.8 Å². The highest BCUT2D eigenvalue weighted by molar-refractivity contribution is 6.08. The number of benzene rings is 1. The number of allylic oxidation sites excluding steroid dienone is 2. The first-order valence-electron chi connectivity index (χ1n) is 10.2. The Balaban J connectivity index is 1.22. The Bertz CT molecular complexity index is 1190. The molecule has 1 saturated heterocycles. The maximum Gasteiger partial charge on any atom is 0.336 e. The van der Waals surface area contributed by atoms with Crippen LogP contribution in [0.1, 0.15) is 12.0 Å². The first kappa shape index (κ1) is 17.6. The molecule has 0 radical (unpaired) electrons. The van der Waals surface area contributed by atoms with Gasteiger partial charge in [-0.15, -0.1) is 0 Å². The number of fused-ring (bicyclic) bond motifs is 1. The molecule has 4 aliphatic carbocycles. The van der Waals surface area contributed by atoms with E-state index in [1.165, 1.54) is 12.1 Å². The standard InChI is InChI=1S/C23H19NO6/c1-10-6-11(7-17-12(10)4-5-18(25)30-17)29-19(26)9-24-22(27)20-13-2-3-14(16-8-15(13)16)21(20)23(24)28/h2-7,13-16,20-21H,8-9H2,1H3/t13-,14+,15-,16+,20-,21+. The van der Waals surface area contributed by atoms with Crippen molar-refractivity contribution in [3.8, 4) is 5.75 Å². The Morgan fingerprint density at radius 1 is 1.07 bits per heavy atom. The summed E-state index contributed by atoms with van der Waals surface area (Å²) >= 11 is 0. The molecule has 1 aromatic carbocycles. The summed E-state index contributed by atoms with van der Waals surface area (Å²) in [5.41, 5.74) is 0.592. The van der Waals surface area contributed by atoms with Gasteiger partial charge in [0.15, 0.2) is 0 Å². The number of nitrogens with zero attached hydrogens (tertiary/aromatic N) is 1. The molecular weight excluding hydrogens is 386 g/mol. The molecule has 7 heteroatoms. The van der Waals surface area contributed by atoms with E-state index in [-0.39, 0.29) is 41.2 Å². The van der Waals surface area contributed by atoms with Crippen LogP contribution in [0.5, 0.6) is 5.75 Å². The lowest BCUT2D eigenvalue weighted by atomic mass is 9.63. The lowest BCUT2D eigenvalue weighted by Gasteiger charge is -2.37. The van der Waals surface area contributed by atoms with E-state index in [4.69, 9.17) is 9.15 Å². The highest BCUT2D eigenvalue weighted by atomic mass is 16.5. The molecule has 1 aliphatic heterocycles. The Morgan fingerprint density at radius 3 is 2.40 bits per heavy atom. The number of carbonyl (C=O) groups excluding carboxylic acids is 3. The summed E-state index contributed by atoms with van der Waals surface area (Å²) in [7, 11) is 0. The van der Waals surface area contributed by atoms with Crippen molar-refractivity contribution >= 4 is 28.8 Å². The van der Waals surface area contributed by atoms with Crippen LogP contribution in [0, 0.1) is 42.4 Å². The summed E-state index contributed by atoms with van der Waals surface area (Å²) in [4.78, 5) is 51.0. The first-order valence-corrected chi connectivity index (χ1v) is 10.2. The molecule has 152 valence electrons. The Kier molecular flexibility index (Phi) is 3.47. The SMILES string of the molecule is Cc1cc(OC(=O)CN2C(=O)[C@@H]3[C@@H]4C=C[C@@H]([C@@H]5C[C@H]45)[C@@H]3C2=O)cc2oc(=O)ccc12. The summed E-state index contributed by atoms with van der Waals surface area (Å²) < 4.78 is 10.6. The molecule has 0 spiro atoms. The minimum Gasteiger partial charge on any atom is -0.425 e. The van der Waals surface area contributed by atoms with E-state index in [2.05, 4.69) is 12.2 Å². The minimum absolute atomic E-state index is 0.119. The number of hydrogen-bond donors (Lipinski definition) is 0. The number of rotatable bonds is 3. The molecule has 1 aromatic heterocycles. The van der Waals surface area contributed by atoms with Gasteiger partial charge in [-0.1, -0.05) is 12.2 Å². The molecule has 6 atom stereocenters. The third-order valence-corrected chi connectivity index (χ3v) is 7.19. The van der Waals surface area contributed by atoms with Gasteiger partial charge in [0.25, 0.3) is 0 Å². The summed E-state index contributed by atoms with van der Waals surface area (Å²) in [5, 5.41) is 0.741. The Labute approximate surface area is 171 Å². The van der Waals surface area contributed by atoms with E-state index in [1.807, 2.05) is 6.92 Å². The van der Waals surface area contributed by atoms with Crippen LogP contribution in [0.4, 0.5) is 0 Å². The summed E-state index contributed by atoms with van der Waals surface area (Å²) in [6.07, 6.45) is 5.28. The number of imide groups is 1. The van der Waals surface area contributed by atoms with E-state index >= 15 is 0 Å². The molecule has 30 heavy (non-hydrogen) atoms. The van der Waals surface area contributed by atoms with Gasteiger partial charge >= 0.3 is 11.6 Å². The lowest BCUT2D eigenvalue weighted by molar-refractivity contribution is -0.148. The van der Waals surface area contributed by atoms with Crippen molar-refractivity contribution in [2.45, 2.75) is 13.3 Å². The maximum atomic E-state index is 13.0. The van der Waals surface area contributed by atoms with Gasteiger partial charge in [0.2, 0.25) is 11.8 Å². The molecule has 2 amide bonds. The third kappa shape index (κ3) is 2.38. The second-order valence-corrected chi connectivity index (χ2v) is 8.80. The van der Waals surface area contributed by atoms with Gasteiger partial charge in [-0.25, -0.2) is 9.59 Å². The molecule has 5 aliphatic rings. The molecule has 0 unspecified atom stereocenters. The van der Waals surface area contributed by atoms with Crippen LogP contribution < -0.4 is 10.4 Å². The topological polar surface area (TPSA) is 93.9 Å². The number of ether oxygens (including phenoxy) is 1. The van der Waals surface area contributed by atoms with Crippen molar-refractivity contribution in [1.82, 2.24) is 4.90 Å². The van der Waals surface area contributed by atoms with Crippen LogP contribution in [0.2, 0.25) is 0 Å². The van der Waals surface area contributed by atoms with Crippen molar-refractivity contribution in [3.05, 3.63) is 52.4 Å². The second-order valence-electron chi connectivity index (χ2n) is 8.80. The molecule has 7 nitrogen and oxygen atoms in total. The van der Waals surface area contributed by atoms with Gasteiger partial charge in [-0.2, -0.15) is 0 Å². The average Bonchev–Trinajstić information content (AvgIpc) is 3.49. The van der Waals surface area contributed by atoms with Crippen LogP contribution in [0.15, 0.2) is 45.6 Å². The smallest absolute Gasteiger partial charge is 0.336 e. The fraction of sp³-hybridized carbons (Fsp3) is 0.391. The lowest BCUT2D eigenvalue weighted by Crippen LogP contribution is -2.40. The zero-order valence-electron chi connectivity index (χ0n) is 16.2. The van der Waals surface area contributed by atoms with Crippen molar-refractivity contribution < 1.29 is 23.5 Å². The average molecular weight is 405 g/mol. The van der Waals surface area contributed by atoms with E-state index in [9.17, 15) is 19.2 Å². The van der Waals surface area contributed by atoms with Gasteiger partial charge in [-0.3, -0.25) is 14.5 Å². The Morgan fingerprint density at radius 2 is 1.73 bits per heavy atom. The van der Waals surface area contributed by atoms with Gasteiger partial charge in [0, 0.05) is 17.5 Å². The molecular formula is C23H19NO6. The summed E-state index contributed by atoms with van der Waals surface area (Å²) in [5.74, 6) is -0.402. The predicted molar refractivity (Wildman–Crippen MR) is 104 cm³/mol. The zero-order chi connectivity index (χ0) is 20.7. The highest BCUT2D eigenvalue weighted by Gasteiger charge is 2.67. The quantitative estimate of drug-likeness (QED) is 0.255. The third-order valence-electron chi connectivity index (χ3n) is 7.19. The van der Waals surface area contributed by atoms with Gasteiger partial charge < -0.3 is 9.15 Å². The number of esters is 1. The normalized spacial score (nSPS) is 33.0. The Hall–Kier alpha value is -3.22. The molecule has 2 bridgehead atoms. The predicted octanol–water partition coefficient (Wildman–Crippen LogP) is 2.06. The van der Waals surface area contributed by atoms with Crippen LogP contribution in [0.25, 0.3) is 11.0 Å². The molecule has 7 rings (SSSR count). The van der Waals surface area contributed by atoms with E-state index in [1.54, 1.807) is 12.1 Å².